The highest BCUT2D eigenvalue weighted by Crippen LogP contribution is 2.40. The summed E-state index contributed by atoms with van der Waals surface area (Å²) in [6.07, 6.45) is 5.51. The van der Waals surface area contributed by atoms with Gasteiger partial charge in [0.25, 0.3) is 0 Å². The average molecular weight is 251 g/mol. The fourth-order valence-corrected chi connectivity index (χ4v) is 3.98. The number of rotatable bonds is 3. The van der Waals surface area contributed by atoms with Gasteiger partial charge in [-0.2, -0.15) is 0 Å². The number of aryl methyl sites for hydroxylation is 3. The van der Waals surface area contributed by atoms with Crippen molar-refractivity contribution < 1.29 is 0 Å². The second-order valence-electron chi connectivity index (χ2n) is 5.62. The molecule has 0 nitrogen and oxygen atoms in total. The molecule has 17 heavy (non-hydrogen) atoms. The van der Waals surface area contributed by atoms with E-state index in [2.05, 4.69) is 32.9 Å². The number of halogens is 1. The fraction of sp³-hybridized carbons (Fsp3) is 0.625. The van der Waals surface area contributed by atoms with Gasteiger partial charge in [-0.25, -0.2) is 0 Å². The molecule has 0 amide bonds. The maximum Gasteiger partial charge on any atom is 0.0295 e. The predicted octanol–water partition coefficient (Wildman–Crippen LogP) is 5.12. The number of benzene rings is 1. The van der Waals surface area contributed by atoms with Crippen molar-refractivity contribution in [2.75, 3.05) is 5.88 Å². The first kappa shape index (κ1) is 13.0. The third-order valence-electron chi connectivity index (χ3n) is 4.24. The van der Waals surface area contributed by atoms with E-state index in [-0.39, 0.29) is 0 Å². The molecule has 0 saturated heterocycles. The standard InChI is InChI=1S/C16H23Cl/c1-11-8-12(2)16(13(3)9-11)15(10-17)14-6-4-5-7-14/h8-9,14-15H,4-7,10H2,1-3H3. The van der Waals surface area contributed by atoms with Crippen molar-refractivity contribution in [1.82, 2.24) is 0 Å². The third kappa shape index (κ3) is 2.68. The molecule has 1 aliphatic rings. The Morgan fingerprint density at radius 1 is 1.12 bits per heavy atom. The largest absolute Gasteiger partial charge is 0.126 e. The maximum absolute atomic E-state index is 6.27. The highest BCUT2D eigenvalue weighted by Gasteiger charge is 2.27. The molecule has 1 fully saturated rings. The first-order valence-corrected chi connectivity index (χ1v) is 7.30. The van der Waals surface area contributed by atoms with Crippen LogP contribution in [-0.4, -0.2) is 5.88 Å². The van der Waals surface area contributed by atoms with E-state index in [0.29, 0.717) is 5.92 Å². The molecule has 1 atom stereocenters. The van der Waals surface area contributed by atoms with Gasteiger partial charge in [0.2, 0.25) is 0 Å². The second-order valence-corrected chi connectivity index (χ2v) is 5.93. The minimum absolute atomic E-state index is 0.569. The van der Waals surface area contributed by atoms with Crippen LogP contribution in [0.5, 0.6) is 0 Å². The molecule has 0 bridgehead atoms. The van der Waals surface area contributed by atoms with Crippen molar-refractivity contribution in [1.29, 1.82) is 0 Å². The lowest BCUT2D eigenvalue weighted by Gasteiger charge is -2.25. The van der Waals surface area contributed by atoms with E-state index in [4.69, 9.17) is 11.6 Å². The lowest BCUT2D eigenvalue weighted by molar-refractivity contribution is 0.461. The molecule has 1 aromatic carbocycles. The van der Waals surface area contributed by atoms with Crippen LogP contribution in [0.1, 0.15) is 53.9 Å². The summed E-state index contributed by atoms with van der Waals surface area (Å²) >= 11 is 6.27. The van der Waals surface area contributed by atoms with E-state index in [1.807, 2.05) is 0 Å². The maximum atomic E-state index is 6.27. The van der Waals surface area contributed by atoms with E-state index >= 15 is 0 Å². The zero-order valence-corrected chi connectivity index (χ0v) is 12.0. The summed E-state index contributed by atoms with van der Waals surface area (Å²) < 4.78 is 0. The van der Waals surface area contributed by atoms with Gasteiger partial charge in [0, 0.05) is 11.8 Å². The second kappa shape index (κ2) is 5.44. The summed E-state index contributed by atoms with van der Waals surface area (Å²) in [4.78, 5) is 0. The van der Waals surface area contributed by atoms with Crippen LogP contribution in [0.2, 0.25) is 0 Å². The molecule has 0 heterocycles. The Bertz CT molecular complexity index is 366. The number of hydrogen-bond acceptors (Lipinski definition) is 0. The molecule has 1 aliphatic carbocycles. The minimum Gasteiger partial charge on any atom is -0.126 e. The molecule has 94 valence electrons. The molecule has 0 N–H and O–H groups in total. The van der Waals surface area contributed by atoms with E-state index < -0.39 is 0 Å². The van der Waals surface area contributed by atoms with Crippen LogP contribution < -0.4 is 0 Å². The minimum atomic E-state index is 0.569. The first-order chi connectivity index (χ1) is 8.13. The quantitative estimate of drug-likeness (QED) is 0.653. The molecular weight excluding hydrogens is 228 g/mol. The molecule has 0 aliphatic heterocycles. The summed E-state index contributed by atoms with van der Waals surface area (Å²) in [7, 11) is 0. The fourth-order valence-electron chi connectivity index (χ4n) is 3.57. The summed E-state index contributed by atoms with van der Waals surface area (Å²) in [5.74, 6) is 2.16. The SMILES string of the molecule is Cc1cc(C)c(C(CCl)C2CCCC2)c(C)c1. The van der Waals surface area contributed by atoms with Gasteiger partial charge in [-0.3, -0.25) is 0 Å². The Balaban J connectivity index is 2.36. The first-order valence-electron chi connectivity index (χ1n) is 6.77. The van der Waals surface area contributed by atoms with Gasteiger partial charge in [-0.1, -0.05) is 30.5 Å². The molecule has 1 aromatic rings. The zero-order chi connectivity index (χ0) is 12.4. The molecule has 2 rings (SSSR count). The van der Waals surface area contributed by atoms with Crippen LogP contribution in [0.15, 0.2) is 12.1 Å². The predicted molar refractivity (Wildman–Crippen MR) is 76.1 cm³/mol. The molecule has 1 unspecified atom stereocenters. The Morgan fingerprint density at radius 2 is 1.65 bits per heavy atom. The number of alkyl halides is 1. The topological polar surface area (TPSA) is 0 Å². The molecule has 0 spiro atoms. The van der Waals surface area contributed by atoms with E-state index in [9.17, 15) is 0 Å². The van der Waals surface area contributed by atoms with Crippen molar-refractivity contribution in [3.8, 4) is 0 Å². The van der Waals surface area contributed by atoms with Crippen molar-refractivity contribution >= 4 is 11.6 Å². The van der Waals surface area contributed by atoms with Gasteiger partial charge >= 0.3 is 0 Å². The zero-order valence-electron chi connectivity index (χ0n) is 11.2. The Kier molecular flexibility index (Phi) is 4.14. The molecule has 1 heteroatoms. The Hall–Kier alpha value is -0.490. The van der Waals surface area contributed by atoms with E-state index in [1.165, 1.54) is 47.9 Å². The summed E-state index contributed by atoms with van der Waals surface area (Å²) in [5, 5.41) is 0. The van der Waals surface area contributed by atoms with Crippen molar-refractivity contribution in [2.24, 2.45) is 5.92 Å². The van der Waals surface area contributed by atoms with Gasteiger partial charge < -0.3 is 0 Å². The lowest BCUT2D eigenvalue weighted by Crippen LogP contribution is -2.14. The molecule has 1 saturated carbocycles. The normalized spacial score (nSPS) is 18.6. The molecule has 0 aromatic heterocycles. The van der Waals surface area contributed by atoms with E-state index in [1.54, 1.807) is 0 Å². The van der Waals surface area contributed by atoms with Gasteiger partial charge in [0.1, 0.15) is 0 Å². The Labute approximate surface area is 110 Å². The van der Waals surface area contributed by atoms with Gasteiger partial charge in [0.15, 0.2) is 0 Å². The van der Waals surface area contributed by atoms with Crippen molar-refractivity contribution in [3.05, 3.63) is 34.4 Å². The van der Waals surface area contributed by atoms with Crippen molar-refractivity contribution in [3.63, 3.8) is 0 Å². The average Bonchev–Trinajstić information content (AvgIpc) is 2.76. The Morgan fingerprint density at radius 3 is 2.12 bits per heavy atom. The third-order valence-corrected chi connectivity index (χ3v) is 4.58. The highest BCUT2D eigenvalue weighted by molar-refractivity contribution is 6.18. The van der Waals surface area contributed by atoms with Crippen LogP contribution in [0.25, 0.3) is 0 Å². The summed E-state index contributed by atoms with van der Waals surface area (Å²) in [5.41, 5.74) is 5.75. The van der Waals surface area contributed by atoms with Crippen LogP contribution in [-0.2, 0) is 0 Å². The van der Waals surface area contributed by atoms with E-state index in [0.717, 1.165) is 11.8 Å². The van der Waals surface area contributed by atoms with Crippen LogP contribution in [0.3, 0.4) is 0 Å². The van der Waals surface area contributed by atoms with Crippen molar-refractivity contribution in [2.45, 2.75) is 52.4 Å². The monoisotopic (exact) mass is 250 g/mol. The van der Waals surface area contributed by atoms with Crippen LogP contribution >= 0.6 is 11.6 Å². The van der Waals surface area contributed by atoms with Gasteiger partial charge in [0.05, 0.1) is 0 Å². The smallest absolute Gasteiger partial charge is 0.0295 e. The highest BCUT2D eigenvalue weighted by atomic mass is 35.5. The van der Waals surface area contributed by atoms with Gasteiger partial charge in [-0.15, -0.1) is 11.6 Å². The summed E-state index contributed by atoms with van der Waals surface area (Å²) in [6, 6.07) is 4.60. The molecule has 0 radical (unpaired) electrons. The number of hydrogen-bond donors (Lipinski definition) is 0. The molecular formula is C16H23Cl. The lowest BCUT2D eigenvalue weighted by atomic mass is 9.81. The summed E-state index contributed by atoms with van der Waals surface area (Å²) in [6.45, 7) is 6.66. The van der Waals surface area contributed by atoms with Crippen LogP contribution in [0.4, 0.5) is 0 Å². The van der Waals surface area contributed by atoms with Crippen LogP contribution in [0, 0.1) is 26.7 Å². The van der Waals surface area contributed by atoms with Gasteiger partial charge in [-0.05, 0) is 56.2 Å².